The predicted octanol–water partition coefficient (Wildman–Crippen LogP) is 4.47. The van der Waals surface area contributed by atoms with Gasteiger partial charge in [-0.05, 0) is 50.3 Å². The minimum Gasteiger partial charge on any atom is -0.368 e. The SMILES string of the molecule is Cc1nc(NC(=O)N2CCC(C)(C)[C@H]2C(N)=O)sc1-c1ccnc(C(C)(C)C(F)(F)F)c1. The number of nitrogens with one attached hydrogen (secondary N) is 1. The number of halogens is 3. The molecule has 2 aromatic rings. The van der Waals surface area contributed by atoms with Gasteiger partial charge in [-0.15, -0.1) is 0 Å². The number of pyridine rings is 1. The van der Waals surface area contributed by atoms with Gasteiger partial charge in [0.2, 0.25) is 5.91 Å². The van der Waals surface area contributed by atoms with E-state index in [1.54, 1.807) is 13.0 Å². The van der Waals surface area contributed by atoms with Crippen LogP contribution in [-0.2, 0) is 10.2 Å². The van der Waals surface area contributed by atoms with Crippen LogP contribution in [0.25, 0.3) is 10.4 Å². The Hall–Kier alpha value is -2.69. The molecule has 1 saturated heterocycles. The highest BCUT2D eigenvalue weighted by atomic mass is 32.1. The summed E-state index contributed by atoms with van der Waals surface area (Å²) >= 11 is 1.14. The summed E-state index contributed by atoms with van der Waals surface area (Å²) < 4.78 is 40.3. The fraction of sp³-hybridized carbons (Fsp3) is 0.524. The van der Waals surface area contributed by atoms with Crippen molar-refractivity contribution < 1.29 is 22.8 Å². The number of nitrogens with zero attached hydrogens (tertiary/aromatic N) is 3. The molecule has 3 heterocycles. The summed E-state index contributed by atoms with van der Waals surface area (Å²) in [4.78, 5) is 35.0. The number of rotatable bonds is 4. The Balaban J connectivity index is 1.86. The summed E-state index contributed by atoms with van der Waals surface area (Å²) in [5, 5.41) is 2.98. The van der Waals surface area contributed by atoms with Crippen LogP contribution in [0.5, 0.6) is 0 Å². The van der Waals surface area contributed by atoms with E-state index in [1.807, 2.05) is 13.8 Å². The van der Waals surface area contributed by atoms with Crippen LogP contribution in [0, 0.1) is 12.3 Å². The number of alkyl halides is 3. The molecule has 0 unspecified atom stereocenters. The van der Waals surface area contributed by atoms with E-state index in [2.05, 4.69) is 15.3 Å². The second-order valence-corrected chi connectivity index (χ2v) is 10.2. The first-order chi connectivity index (χ1) is 14.6. The van der Waals surface area contributed by atoms with Crippen molar-refractivity contribution in [3.63, 3.8) is 0 Å². The number of nitrogens with two attached hydrogens (primary N) is 1. The lowest BCUT2D eigenvalue weighted by Crippen LogP contribution is -2.50. The average Bonchev–Trinajstić information content (AvgIpc) is 3.19. The topological polar surface area (TPSA) is 101 Å². The third-order valence-corrected chi connectivity index (χ3v) is 7.08. The van der Waals surface area contributed by atoms with Gasteiger partial charge in [-0.3, -0.25) is 15.1 Å². The van der Waals surface area contributed by atoms with Crippen molar-refractivity contribution in [2.45, 2.75) is 58.7 Å². The summed E-state index contributed by atoms with van der Waals surface area (Å²) in [5.41, 5.74) is 3.94. The van der Waals surface area contributed by atoms with E-state index in [1.165, 1.54) is 17.2 Å². The molecule has 1 fully saturated rings. The van der Waals surface area contributed by atoms with Crippen molar-refractivity contribution in [2.75, 3.05) is 11.9 Å². The van der Waals surface area contributed by atoms with Gasteiger partial charge in [0.25, 0.3) is 0 Å². The van der Waals surface area contributed by atoms with Crippen molar-refractivity contribution in [3.05, 3.63) is 29.7 Å². The smallest absolute Gasteiger partial charge is 0.368 e. The molecule has 0 radical (unpaired) electrons. The van der Waals surface area contributed by atoms with Crippen LogP contribution in [0.3, 0.4) is 0 Å². The zero-order valence-corrected chi connectivity index (χ0v) is 19.3. The van der Waals surface area contributed by atoms with Gasteiger partial charge in [-0.1, -0.05) is 25.2 Å². The van der Waals surface area contributed by atoms with Gasteiger partial charge in [0, 0.05) is 12.7 Å². The van der Waals surface area contributed by atoms with Gasteiger partial charge in [-0.2, -0.15) is 13.2 Å². The normalized spacial score (nSPS) is 18.6. The van der Waals surface area contributed by atoms with Gasteiger partial charge < -0.3 is 10.6 Å². The lowest BCUT2D eigenvalue weighted by Gasteiger charge is -2.29. The number of hydrogen-bond donors (Lipinski definition) is 2. The maximum absolute atomic E-state index is 13.4. The summed E-state index contributed by atoms with van der Waals surface area (Å²) in [6.07, 6.45) is -2.49. The molecule has 2 aromatic heterocycles. The molecular formula is C21H26F3N5O2S. The van der Waals surface area contributed by atoms with Gasteiger partial charge in [0.15, 0.2) is 5.13 Å². The van der Waals surface area contributed by atoms with E-state index in [-0.39, 0.29) is 10.8 Å². The van der Waals surface area contributed by atoms with Crippen LogP contribution in [0.4, 0.5) is 23.1 Å². The molecule has 0 aromatic carbocycles. The largest absolute Gasteiger partial charge is 0.399 e. The molecule has 0 spiro atoms. The molecule has 11 heteroatoms. The third kappa shape index (κ3) is 4.30. The minimum atomic E-state index is -4.46. The van der Waals surface area contributed by atoms with E-state index >= 15 is 0 Å². The highest BCUT2D eigenvalue weighted by Crippen LogP contribution is 2.42. The van der Waals surface area contributed by atoms with Crippen molar-refractivity contribution in [3.8, 4) is 10.4 Å². The maximum Gasteiger partial charge on any atom is 0.399 e. The molecule has 174 valence electrons. The predicted molar refractivity (Wildman–Crippen MR) is 116 cm³/mol. The number of anilines is 1. The van der Waals surface area contributed by atoms with Crippen LogP contribution in [0.2, 0.25) is 0 Å². The lowest BCUT2D eigenvalue weighted by molar-refractivity contribution is -0.181. The van der Waals surface area contributed by atoms with E-state index in [0.29, 0.717) is 29.1 Å². The Morgan fingerprint density at radius 3 is 2.56 bits per heavy atom. The van der Waals surface area contributed by atoms with Crippen molar-refractivity contribution in [2.24, 2.45) is 11.1 Å². The Morgan fingerprint density at radius 2 is 1.97 bits per heavy atom. The van der Waals surface area contributed by atoms with Crippen molar-refractivity contribution in [1.82, 2.24) is 14.9 Å². The number of likely N-dealkylation sites (tertiary alicyclic amines) is 1. The second kappa shape index (κ2) is 8.02. The first-order valence-electron chi connectivity index (χ1n) is 10.0. The van der Waals surface area contributed by atoms with Gasteiger partial charge in [0.05, 0.1) is 16.3 Å². The van der Waals surface area contributed by atoms with Gasteiger partial charge in [0.1, 0.15) is 11.5 Å². The number of carbonyl (C=O) groups is 2. The lowest BCUT2D eigenvalue weighted by atomic mass is 9.84. The molecule has 3 amide bonds. The molecule has 3 N–H and O–H groups in total. The fourth-order valence-electron chi connectivity index (χ4n) is 3.79. The van der Waals surface area contributed by atoms with E-state index in [9.17, 15) is 22.8 Å². The summed E-state index contributed by atoms with van der Waals surface area (Å²) in [6, 6.07) is 1.77. The Bertz CT molecular complexity index is 1050. The van der Waals surface area contributed by atoms with E-state index < -0.39 is 35.0 Å². The molecule has 0 aliphatic carbocycles. The zero-order valence-electron chi connectivity index (χ0n) is 18.5. The standard InChI is InChI=1S/C21H26F3N5O2S/c1-11-14(12-6-8-26-13(10-12)20(4,5)21(22,23)24)32-17(27-11)28-18(31)29-9-7-19(2,3)15(29)16(25)30/h6,8,10,15H,7,9H2,1-5H3,(H2,25,30)(H,27,28,31)/t15-/m1/s1. The van der Waals surface area contributed by atoms with Crippen LogP contribution < -0.4 is 11.1 Å². The Labute approximate surface area is 188 Å². The van der Waals surface area contributed by atoms with Crippen molar-refractivity contribution in [1.29, 1.82) is 0 Å². The van der Waals surface area contributed by atoms with E-state index in [0.717, 1.165) is 25.2 Å². The first-order valence-corrected chi connectivity index (χ1v) is 10.8. The first kappa shape index (κ1) is 24.0. The molecule has 1 atom stereocenters. The van der Waals surface area contributed by atoms with Gasteiger partial charge >= 0.3 is 12.2 Å². The van der Waals surface area contributed by atoms with Crippen LogP contribution >= 0.6 is 11.3 Å². The number of urea groups is 1. The monoisotopic (exact) mass is 469 g/mol. The molecule has 0 saturated carbocycles. The molecular weight excluding hydrogens is 443 g/mol. The summed E-state index contributed by atoms with van der Waals surface area (Å²) in [5.74, 6) is -0.574. The molecule has 7 nitrogen and oxygen atoms in total. The quantitative estimate of drug-likeness (QED) is 0.690. The number of aromatic nitrogens is 2. The summed E-state index contributed by atoms with van der Waals surface area (Å²) in [7, 11) is 0. The van der Waals surface area contributed by atoms with Crippen LogP contribution in [-0.4, -0.2) is 45.6 Å². The van der Waals surface area contributed by atoms with Crippen LogP contribution in [0.1, 0.15) is 45.5 Å². The Morgan fingerprint density at radius 1 is 1.31 bits per heavy atom. The number of aryl methyl sites for hydroxylation is 1. The molecule has 1 aliphatic rings. The third-order valence-electron chi connectivity index (χ3n) is 5.96. The molecule has 32 heavy (non-hydrogen) atoms. The molecule has 3 rings (SSSR count). The van der Waals surface area contributed by atoms with Gasteiger partial charge in [-0.25, -0.2) is 9.78 Å². The average molecular weight is 470 g/mol. The Kier molecular flexibility index (Phi) is 6.01. The molecule has 0 bridgehead atoms. The maximum atomic E-state index is 13.4. The number of carbonyl (C=O) groups excluding carboxylic acids is 2. The van der Waals surface area contributed by atoms with Crippen molar-refractivity contribution >= 4 is 28.4 Å². The number of primary amides is 1. The minimum absolute atomic E-state index is 0.107. The zero-order chi connectivity index (χ0) is 24.1. The number of amides is 3. The van der Waals surface area contributed by atoms with Crippen LogP contribution in [0.15, 0.2) is 18.3 Å². The number of thiazole rings is 1. The summed E-state index contributed by atoms with van der Waals surface area (Å²) in [6.45, 7) is 8.01. The number of hydrogen-bond acceptors (Lipinski definition) is 5. The highest BCUT2D eigenvalue weighted by Gasteiger charge is 2.49. The fourth-order valence-corrected chi connectivity index (χ4v) is 4.75. The van der Waals surface area contributed by atoms with E-state index in [4.69, 9.17) is 5.73 Å². The highest BCUT2D eigenvalue weighted by molar-refractivity contribution is 7.19. The molecule has 1 aliphatic heterocycles. The second-order valence-electron chi connectivity index (χ2n) is 9.15.